The van der Waals surface area contributed by atoms with Gasteiger partial charge in [0.25, 0.3) is 5.91 Å². The van der Waals surface area contributed by atoms with Gasteiger partial charge < -0.3 is 5.32 Å². The second kappa shape index (κ2) is 7.97. The minimum absolute atomic E-state index is 0.115. The van der Waals surface area contributed by atoms with Crippen LogP contribution in [0.3, 0.4) is 0 Å². The molecular weight excluding hydrogens is 386 g/mol. The zero-order valence-electron chi connectivity index (χ0n) is 15.7. The van der Waals surface area contributed by atoms with E-state index in [4.69, 9.17) is 0 Å². The van der Waals surface area contributed by atoms with Crippen LogP contribution in [0.4, 0.5) is 14.5 Å². The smallest absolute Gasteiger partial charge is 0.261 e. The molecule has 3 rings (SSSR count). The number of rotatable bonds is 4. The average Bonchev–Trinajstić information content (AvgIpc) is 2.61. The molecule has 2 atom stereocenters. The maximum Gasteiger partial charge on any atom is 0.261 e. The highest BCUT2D eigenvalue weighted by Crippen LogP contribution is 2.27. The Morgan fingerprint density at radius 3 is 2.07 bits per heavy atom. The molecule has 1 aliphatic heterocycles. The summed E-state index contributed by atoms with van der Waals surface area (Å²) in [5.41, 5.74) is -0.442. The van der Waals surface area contributed by atoms with Crippen molar-refractivity contribution in [3.8, 4) is 0 Å². The van der Waals surface area contributed by atoms with E-state index in [1.807, 2.05) is 13.8 Å². The molecule has 1 N–H and O–H groups in total. The molecule has 5 nitrogen and oxygen atoms in total. The van der Waals surface area contributed by atoms with Crippen molar-refractivity contribution in [2.45, 2.75) is 25.2 Å². The molecule has 0 bridgehead atoms. The highest BCUT2D eigenvalue weighted by Gasteiger charge is 2.31. The van der Waals surface area contributed by atoms with Crippen LogP contribution in [0.5, 0.6) is 0 Å². The molecular formula is C20H22F2N2O3S. The highest BCUT2D eigenvalue weighted by atomic mass is 32.2. The Morgan fingerprint density at radius 2 is 1.54 bits per heavy atom. The molecule has 0 saturated carbocycles. The number of carbonyl (C=O) groups is 1. The zero-order chi connectivity index (χ0) is 20.5. The first kappa shape index (κ1) is 20.4. The number of hydrogen-bond acceptors (Lipinski definition) is 3. The molecule has 0 aliphatic carbocycles. The fourth-order valence-corrected chi connectivity index (χ4v) is 5.25. The van der Waals surface area contributed by atoms with Crippen molar-refractivity contribution in [3.05, 3.63) is 59.7 Å². The van der Waals surface area contributed by atoms with Crippen LogP contribution < -0.4 is 5.32 Å². The van der Waals surface area contributed by atoms with E-state index in [0.29, 0.717) is 13.1 Å². The van der Waals surface area contributed by atoms with Crippen LogP contribution in [0.15, 0.2) is 47.4 Å². The summed E-state index contributed by atoms with van der Waals surface area (Å²) in [4.78, 5) is 12.3. The summed E-state index contributed by atoms with van der Waals surface area (Å²) in [5, 5.41) is 2.38. The number of hydrogen-bond donors (Lipinski definition) is 1. The van der Waals surface area contributed by atoms with E-state index >= 15 is 0 Å². The lowest BCUT2D eigenvalue weighted by atomic mass is 9.94. The van der Waals surface area contributed by atoms with Crippen molar-refractivity contribution in [2.24, 2.45) is 11.8 Å². The van der Waals surface area contributed by atoms with E-state index in [0.717, 1.165) is 18.6 Å². The lowest BCUT2D eigenvalue weighted by Crippen LogP contribution is -2.42. The Balaban J connectivity index is 1.77. The van der Waals surface area contributed by atoms with Gasteiger partial charge in [-0.2, -0.15) is 4.31 Å². The topological polar surface area (TPSA) is 66.5 Å². The molecule has 150 valence electrons. The van der Waals surface area contributed by atoms with E-state index in [9.17, 15) is 22.0 Å². The molecule has 1 fully saturated rings. The van der Waals surface area contributed by atoms with Crippen molar-refractivity contribution in [3.63, 3.8) is 0 Å². The molecule has 0 radical (unpaired) electrons. The van der Waals surface area contributed by atoms with Gasteiger partial charge in [0.1, 0.15) is 17.2 Å². The fraction of sp³-hybridized carbons (Fsp3) is 0.350. The molecule has 1 saturated heterocycles. The molecule has 2 aromatic carbocycles. The maximum absolute atomic E-state index is 13.7. The average molecular weight is 408 g/mol. The van der Waals surface area contributed by atoms with Crippen LogP contribution in [-0.4, -0.2) is 31.7 Å². The van der Waals surface area contributed by atoms with Crippen LogP contribution in [0, 0.1) is 23.5 Å². The van der Waals surface area contributed by atoms with Crippen LogP contribution in [0.2, 0.25) is 0 Å². The number of amides is 1. The van der Waals surface area contributed by atoms with Gasteiger partial charge in [0.2, 0.25) is 10.0 Å². The molecule has 1 aliphatic rings. The Labute approximate surface area is 163 Å². The van der Waals surface area contributed by atoms with Crippen LogP contribution in [-0.2, 0) is 10.0 Å². The van der Waals surface area contributed by atoms with Crippen molar-refractivity contribution in [1.29, 1.82) is 0 Å². The Kier molecular flexibility index (Phi) is 5.81. The molecule has 2 aromatic rings. The number of nitrogens with zero attached hydrogens (tertiary/aromatic N) is 1. The maximum atomic E-state index is 13.7. The van der Waals surface area contributed by atoms with Gasteiger partial charge in [-0.05, 0) is 54.7 Å². The molecule has 8 heteroatoms. The minimum Gasteiger partial charge on any atom is -0.322 e. The molecule has 1 heterocycles. The van der Waals surface area contributed by atoms with Gasteiger partial charge in [0.05, 0.1) is 4.90 Å². The number of sulfonamides is 1. The molecule has 2 unspecified atom stereocenters. The second-order valence-electron chi connectivity index (χ2n) is 7.34. The Bertz CT molecular complexity index is 947. The normalized spacial score (nSPS) is 20.7. The van der Waals surface area contributed by atoms with E-state index in [1.165, 1.54) is 34.6 Å². The summed E-state index contributed by atoms with van der Waals surface area (Å²) in [6, 6.07) is 8.73. The summed E-state index contributed by atoms with van der Waals surface area (Å²) in [5.74, 6) is -2.31. The molecule has 1 amide bonds. The largest absolute Gasteiger partial charge is 0.322 e. The summed E-state index contributed by atoms with van der Waals surface area (Å²) in [6.07, 6.45) is 0.990. The number of halogens is 2. The van der Waals surface area contributed by atoms with Gasteiger partial charge in [-0.1, -0.05) is 19.9 Å². The quantitative estimate of drug-likeness (QED) is 0.835. The summed E-state index contributed by atoms with van der Waals surface area (Å²) in [7, 11) is -3.64. The van der Waals surface area contributed by atoms with Crippen molar-refractivity contribution < 1.29 is 22.0 Å². The summed E-state index contributed by atoms with van der Waals surface area (Å²) in [6.45, 7) is 4.99. The number of piperidine rings is 1. The molecule has 28 heavy (non-hydrogen) atoms. The van der Waals surface area contributed by atoms with Crippen LogP contribution in [0.25, 0.3) is 0 Å². The number of nitrogens with one attached hydrogen (secondary N) is 1. The minimum atomic E-state index is -3.64. The standard InChI is InChI=1S/C20H22F2N2O3S/c1-13-10-14(2)12-24(11-13)28(26,27)16-8-6-15(7-9-16)23-20(25)19-17(21)4-3-5-18(19)22/h3-9,13-14H,10-12H2,1-2H3,(H,23,25). The first-order chi connectivity index (χ1) is 13.2. The van der Waals surface area contributed by atoms with Gasteiger partial charge in [0, 0.05) is 18.8 Å². The SMILES string of the molecule is CC1CC(C)CN(S(=O)(=O)c2ccc(NC(=O)c3c(F)cccc3F)cc2)C1. The predicted molar refractivity (Wildman–Crippen MR) is 102 cm³/mol. The molecule has 0 spiro atoms. The number of benzene rings is 2. The first-order valence-electron chi connectivity index (χ1n) is 9.04. The Morgan fingerprint density at radius 1 is 1.00 bits per heavy atom. The van der Waals surface area contributed by atoms with Crippen LogP contribution in [0.1, 0.15) is 30.6 Å². The van der Waals surface area contributed by atoms with Crippen molar-refractivity contribution in [2.75, 3.05) is 18.4 Å². The first-order valence-corrected chi connectivity index (χ1v) is 10.5. The van der Waals surface area contributed by atoms with Crippen molar-refractivity contribution in [1.82, 2.24) is 4.31 Å². The summed E-state index contributed by atoms with van der Waals surface area (Å²) < 4.78 is 54.6. The zero-order valence-corrected chi connectivity index (χ0v) is 16.5. The lowest BCUT2D eigenvalue weighted by Gasteiger charge is -2.34. The third-order valence-electron chi connectivity index (χ3n) is 4.78. The fourth-order valence-electron chi connectivity index (χ4n) is 3.57. The van der Waals surface area contributed by atoms with Gasteiger partial charge in [-0.15, -0.1) is 0 Å². The molecule has 0 aromatic heterocycles. The van der Waals surface area contributed by atoms with E-state index in [1.54, 1.807) is 0 Å². The Hall–Kier alpha value is -2.32. The third-order valence-corrected chi connectivity index (χ3v) is 6.62. The van der Waals surface area contributed by atoms with Crippen molar-refractivity contribution >= 4 is 21.6 Å². The highest BCUT2D eigenvalue weighted by molar-refractivity contribution is 7.89. The number of carbonyl (C=O) groups excluding carboxylic acids is 1. The van der Waals surface area contributed by atoms with E-state index < -0.39 is 33.1 Å². The third kappa shape index (κ3) is 4.23. The van der Waals surface area contributed by atoms with Gasteiger partial charge in [-0.3, -0.25) is 4.79 Å². The van der Waals surface area contributed by atoms with Gasteiger partial charge >= 0.3 is 0 Å². The lowest BCUT2D eigenvalue weighted by molar-refractivity contribution is 0.101. The summed E-state index contributed by atoms with van der Waals surface area (Å²) >= 11 is 0. The van der Waals surface area contributed by atoms with Crippen LogP contribution >= 0.6 is 0 Å². The van der Waals surface area contributed by atoms with E-state index in [-0.39, 0.29) is 22.4 Å². The second-order valence-corrected chi connectivity index (χ2v) is 9.28. The van der Waals surface area contributed by atoms with Gasteiger partial charge in [0.15, 0.2) is 0 Å². The predicted octanol–water partition coefficient (Wildman–Crippen LogP) is 3.88. The monoisotopic (exact) mass is 408 g/mol. The number of anilines is 1. The van der Waals surface area contributed by atoms with Gasteiger partial charge in [-0.25, -0.2) is 17.2 Å². The van der Waals surface area contributed by atoms with E-state index in [2.05, 4.69) is 5.32 Å².